The fraction of sp³-hybridized carbons (Fsp3) is 0.364. The molecular weight excluding hydrogens is 216 g/mol. The van der Waals surface area contributed by atoms with Gasteiger partial charge in [0.05, 0.1) is 13.0 Å². The van der Waals surface area contributed by atoms with Crippen molar-refractivity contribution in [3.05, 3.63) is 29.3 Å². The van der Waals surface area contributed by atoms with Gasteiger partial charge in [0, 0.05) is 0 Å². The maximum absolute atomic E-state index is 10.9. The summed E-state index contributed by atoms with van der Waals surface area (Å²) in [5, 5.41) is 8.98. The standard InChI is InChI=1S/C11H12O3.ClH/c1-14-8-4-2-7-3-5-9(11(12)13)10(7)6-8;/h2,4,6,9H,3,5H2,1H3,(H,12,13);1H. The van der Waals surface area contributed by atoms with Crippen molar-refractivity contribution in [3.63, 3.8) is 0 Å². The molecule has 0 aliphatic heterocycles. The highest BCUT2D eigenvalue weighted by Gasteiger charge is 2.28. The summed E-state index contributed by atoms with van der Waals surface area (Å²) in [7, 11) is 1.59. The molecule has 2 rings (SSSR count). The molecule has 82 valence electrons. The van der Waals surface area contributed by atoms with Gasteiger partial charge < -0.3 is 9.84 Å². The topological polar surface area (TPSA) is 46.5 Å². The van der Waals surface area contributed by atoms with Gasteiger partial charge in [-0.1, -0.05) is 6.07 Å². The van der Waals surface area contributed by atoms with Crippen LogP contribution < -0.4 is 4.74 Å². The lowest BCUT2D eigenvalue weighted by atomic mass is 10.0. The van der Waals surface area contributed by atoms with Gasteiger partial charge in [-0.05, 0) is 36.1 Å². The first-order chi connectivity index (χ1) is 6.72. The van der Waals surface area contributed by atoms with Gasteiger partial charge >= 0.3 is 5.97 Å². The molecule has 1 aliphatic rings. The lowest BCUT2D eigenvalue weighted by Gasteiger charge is -2.07. The Morgan fingerprint density at radius 3 is 2.87 bits per heavy atom. The second-order valence-corrected chi connectivity index (χ2v) is 3.49. The van der Waals surface area contributed by atoms with Crippen molar-refractivity contribution < 1.29 is 14.6 Å². The predicted octanol–water partition coefficient (Wildman–Crippen LogP) is 2.23. The molecule has 0 saturated carbocycles. The van der Waals surface area contributed by atoms with Crippen LogP contribution in [0.25, 0.3) is 0 Å². The van der Waals surface area contributed by atoms with Crippen molar-refractivity contribution in [2.45, 2.75) is 18.8 Å². The number of carboxylic acid groups (broad SMARTS) is 1. The Bertz CT molecular complexity index is 376. The molecule has 1 aromatic carbocycles. The molecule has 1 N–H and O–H groups in total. The molecule has 0 bridgehead atoms. The van der Waals surface area contributed by atoms with Crippen LogP contribution in [0.1, 0.15) is 23.5 Å². The molecule has 0 aromatic heterocycles. The van der Waals surface area contributed by atoms with E-state index in [-0.39, 0.29) is 18.3 Å². The highest BCUT2D eigenvalue weighted by atomic mass is 35.5. The van der Waals surface area contributed by atoms with Crippen LogP contribution in [-0.4, -0.2) is 18.2 Å². The minimum Gasteiger partial charge on any atom is -0.497 e. The number of hydrogen-bond acceptors (Lipinski definition) is 2. The van der Waals surface area contributed by atoms with E-state index in [1.54, 1.807) is 7.11 Å². The summed E-state index contributed by atoms with van der Waals surface area (Å²) >= 11 is 0. The number of methoxy groups -OCH3 is 1. The zero-order chi connectivity index (χ0) is 10.1. The summed E-state index contributed by atoms with van der Waals surface area (Å²) in [6.45, 7) is 0. The number of rotatable bonds is 2. The monoisotopic (exact) mass is 228 g/mol. The lowest BCUT2D eigenvalue weighted by Crippen LogP contribution is -2.07. The fourth-order valence-electron chi connectivity index (χ4n) is 1.96. The summed E-state index contributed by atoms with van der Waals surface area (Å²) < 4.78 is 5.07. The SMILES string of the molecule is COc1ccc2c(c1)C(C(=O)O)CC2.Cl. The van der Waals surface area contributed by atoms with Crippen LogP contribution in [0.3, 0.4) is 0 Å². The Kier molecular flexibility index (Phi) is 3.58. The Balaban J connectivity index is 0.00000112. The molecule has 4 heteroatoms. The number of halogens is 1. The second kappa shape index (κ2) is 4.53. The molecular formula is C11H13ClO3. The molecule has 0 saturated heterocycles. The van der Waals surface area contributed by atoms with Crippen LogP contribution in [0.15, 0.2) is 18.2 Å². The van der Waals surface area contributed by atoms with Crippen molar-refractivity contribution in [2.24, 2.45) is 0 Å². The van der Waals surface area contributed by atoms with Crippen LogP contribution in [-0.2, 0) is 11.2 Å². The molecule has 0 fully saturated rings. The number of hydrogen-bond donors (Lipinski definition) is 1. The minimum absolute atomic E-state index is 0. The summed E-state index contributed by atoms with van der Waals surface area (Å²) in [4.78, 5) is 10.9. The van der Waals surface area contributed by atoms with E-state index < -0.39 is 5.97 Å². The van der Waals surface area contributed by atoms with E-state index in [1.807, 2.05) is 18.2 Å². The summed E-state index contributed by atoms with van der Waals surface area (Å²) in [6, 6.07) is 5.67. The van der Waals surface area contributed by atoms with E-state index in [0.29, 0.717) is 6.42 Å². The third kappa shape index (κ3) is 2.07. The van der Waals surface area contributed by atoms with Gasteiger partial charge in [0.15, 0.2) is 0 Å². The first kappa shape index (κ1) is 11.9. The van der Waals surface area contributed by atoms with Gasteiger partial charge in [-0.25, -0.2) is 0 Å². The largest absolute Gasteiger partial charge is 0.497 e. The number of aryl methyl sites for hydroxylation is 1. The highest BCUT2D eigenvalue weighted by Crippen LogP contribution is 2.35. The van der Waals surface area contributed by atoms with Crippen LogP contribution in [0, 0.1) is 0 Å². The van der Waals surface area contributed by atoms with Crippen LogP contribution in [0.5, 0.6) is 5.75 Å². The van der Waals surface area contributed by atoms with Gasteiger partial charge in [-0.2, -0.15) is 0 Å². The van der Waals surface area contributed by atoms with E-state index in [4.69, 9.17) is 9.84 Å². The van der Waals surface area contributed by atoms with E-state index in [1.165, 1.54) is 0 Å². The Morgan fingerprint density at radius 2 is 2.27 bits per heavy atom. The minimum atomic E-state index is -0.739. The van der Waals surface area contributed by atoms with Crippen molar-refractivity contribution in [3.8, 4) is 5.75 Å². The van der Waals surface area contributed by atoms with Gasteiger partial charge in [0.25, 0.3) is 0 Å². The molecule has 0 spiro atoms. The number of benzene rings is 1. The molecule has 0 radical (unpaired) electrons. The van der Waals surface area contributed by atoms with Crippen molar-refractivity contribution in [1.29, 1.82) is 0 Å². The molecule has 1 aliphatic carbocycles. The zero-order valence-corrected chi connectivity index (χ0v) is 9.21. The van der Waals surface area contributed by atoms with E-state index in [0.717, 1.165) is 23.3 Å². The van der Waals surface area contributed by atoms with E-state index >= 15 is 0 Å². The number of carboxylic acids is 1. The number of ether oxygens (including phenoxy) is 1. The Labute approximate surface area is 94.5 Å². The van der Waals surface area contributed by atoms with E-state index in [2.05, 4.69) is 0 Å². The summed E-state index contributed by atoms with van der Waals surface area (Å²) in [5.41, 5.74) is 2.05. The first-order valence-corrected chi connectivity index (χ1v) is 4.62. The van der Waals surface area contributed by atoms with Gasteiger partial charge in [0.1, 0.15) is 5.75 Å². The molecule has 1 aromatic rings. The number of aliphatic carboxylic acids is 1. The third-order valence-electron chi connectivity index (χ3n) is 2.73. The van der Waals surface area contributed by atoms with Gasteiger partial charge in [-0.15, -0.1) is 12.4 Å². The van der Waals surface area contributed by atoms with Crippen LogP contribution >= 0.6 is 12.4 Å². The maximum atomic E-state index is 10.9. The van der Waals surface area contributed by atoms with Crippen molar-refractivity contribution >= 4 is 18.4 Å². The fourth-order valence-corrected chi connectivity index (χ4v) is 1.96. The molecule has 0 amide bonds. The highest BCUT2D eigenvalue weighted by molar-refractivity contribution is 5.85. The van der Waals surface area contributed by atoms with E-state index in [9.17, 15) is 4.79 Å². The molecule has 1 unspecified atom stereocenters. The zero-order valence-electron chi connectivity index (χ0n) is 8.40. The number of carbonyl (C=O) groups is 1. The quantitative estimate of drug-likeness (QED) is 0.845. The third-order valence-corrected chi connectivity index (χ3v) is 2.73. The van der Waals surface area contributed by atoms with Crippen molar-refractivity contribution in [1.82, 2.24) is 0 Å². The Hall–Kier alpha value is -1.22. The smallest absolute Gasteiger partial charge is 0.310 e. The lowest BCUT2D eigenvalue weighted by molar-refractivity contribution is -0.138. The summed E-state index contributed by atoms with van der Waals surface area (Å²) in [5.74, 6) is -0.353. The van der Waals surface area contributed by atoms with Crippen LogP contribution in [0.2, 0.25) is 0 Å². The van der Waals surface area contributed by atoms with Gasteiger partial charge in [0.2, 0.25) is 0 Å². The molecule has 1 atom stereocenters. The average molecular weight is 229 g/mol. The summed E-state index contributed by atoms with van der Waals surface area (Å²) in [6.07, 6.45) is 1.56. The molecule has 3 nitrogen and oxygen atoms in total. The maximum Gasteiger partial charge on any atom is 0.310 e. The Morgan fingerprint density at radius 1 is 1.53 bits per heavy atom. The second-order valence-electron chi connectivity index (χ2n) is 3.49. The van der Waals surface area contributed by atoms with Gasteiger partial charge in [-0.3, -0.25) is 4.79 Å². The first-order valence-electron chi connectivity index (χ1n) is 4.62. The average Bonchev–Trinajstić information content (AvgIpc) is 2.59. The predicted molar refractivity (Wildman–Crippen MR) is 58.9 cm³/mol. The van der Waals surface area contributed by atoms with Crippen LogP contribution in [0.4, 0.5) is 0 Å². The van der Waals surface area contributed by atoms with Crippen molar-refractivity contribution in [2.75, 3.05) is 7.11 Å². The number of fused-ring (bicyclic) bond motifs is 1. The normalized spacial score (nSPS) is 17.8. The molecule has 0 heterocycles. The molecule has 15 heavy (non-hydrogen) atoms.